The number of amides is 2. The van der Waals surface area contributed by atoms with Crippen molar-refractivity contribution in [1.29, 1.82) is 0 Å². The summed E-state index contributed by atoms with van der Waals surface area (Å²) in [6, 6.07) is 5.86. The van der Waals surface area contributed by atoms with E-state index in [0.29, 0.717) is 16.7 Å². The molecule has 8 nitrogen and oxygen atoms in total. The van der Waals surface area contributed by atoms with Gasteiger partial charge in [-0.25, -0.2) is 9.50 Å². The summed E-state index contributed by atoms with van der Waals surface area (Å²) in [6.45, 7) is 1.47. The third-order valence-electron chi connectivity index (χ3n) is 5.02. The maximum atomic E-state index is 14.0. The number of carbonyl (C=O) groups is 2. The minimum Gasteiger partial charge on any atom is -0.489 e. The minimum absolute atomic E-state index is 0.130. The number of hydrogen-bond donors (Lipinski definition) is 2. The first-order valence-corrected chi connectivity index (χ1v) is 8.71. The van der Waals surface area contributed by atoms with E-state index in [1.165, 1.54) is 10.8 Å². The van der Waals surface area contributed by atoms with Crippen molar-refractivity contribution in [3.63, 3.8) is 0 Å². The molecule has 4 rings (SSSR count). The lowest BCUT2D eigenvalue weighted by molar-refractivity contribution is -0.144. The van der Waals surface area contributed by atoms with Crippen LogP contribution in [0.5, 0.6) is 5.75 Å². The van der Waals surface area contributed by atoms with Gasteiger partial charge in [0.15, 0.2) is 5.65 Å². The number of fused-ring (bicyclic) bond motifs is 3. The molecule has 28 heavy (non-hydrogen) atoms. The Morgan fingerprint density at radius 2 is 2.21 bits per heavy atom. The van der Waals surface area contributed by atoms with E-state index in [2.05, 4.69) is 15.4 Å². The van der Waals surface area contributed by atoms with Crippen molar-refractivity contribution in [3.05, 3.63) is 36.2 Å². The third kappa shape index (κ3) is 2.63. The van der Waals surface area contributed by atoms with Crippen LogP contribution in [-0.2, 0) is 4.79 Å². The molecule has 1 aromatic carbocycles. The van der Waals surface area contributed by atoms with Crippen LogP contribution in [0.3, 0.4) is 0 Å². The number of aromatic nitrogens is 3. The molecule has 3 heterocycles. The molecule has 146 valence electrons. The van der Waals surface area contributed by atoms with Gasteiger partial charge in [0.05, 0.1) is 17.5 Å². The Bertz CT molecular complexity index is 1100. The number of hydrogen-bond acceptors (Lipinski definition) is 5. The average Bonchev–Trinajstić information content (AvgIpc) is 3.22. The van der Waals surface area contributed by atoms with Gasteiger partial charge in [-0.05, 0) is 18.6 Å². The predicted octanol–water partition coefficient (Wildman–Crippen LogP) is 1.52. The van der Waals surface area contributed by atoms with E-state index in [1.807, 2.05) is 0 Å². The normalized spacial score (nSPS) is 21.2. The second kappa shape index (κ2) is 6.39. The molecule has 1 saturated heterocycles. The largest absolute Gasteiger partial charge is 0.489 e. The number of primary amides is 1. The molecule has 0 bridgehead atoms. The van der Waals surface area contributed by atoms with Crippen molar-refractivity contribution in [2.24, 2.45) is 11.7 Å². The highest BCUT2D eigenvalue weighted by Gasteiger charge is 2.56. The van der Waals surface area contributed by atoms with Gasteiger partial charge in [0.1, 0.15) is 24.2 Å². The second-order valence-corrected chi connectivity index (χ2v) is 6.64. The maximum absolute atomic E-state index is 14.0. The summed E-state index contributed by atoms with van der Waals surface area (Å²) in [4.78, 5) is 27.3. The van der Waals surface area contributed by atoms with E-state index in [0.717, 1.165) is 0 Å². The van der Waals surface area contributed by atoms with Crippen LogP contribution >= 0.6 is 0 Å². The summed E-state index contributed by atoms with van der Waals surface area (Å²) in [5, 5.41) is 7.06. The standard InChI is InChI=1S/C18H17F2N5O3/c1-2-11-12(24-17(27)18(11,19)20)7-28-13-5-3-4-9-6-10(15(21)26)16-22-8-23-25(16)14(9)13/h3-6,8,11-12H,2,7H2,1H3,(H2,21,26)(H,24,27). The molecule has 0 saturated carbocycles. The predicted molar refractivity (Wildman–Crippen MR) is 95.2 cm³/mol. The van der Waals surface area contributed by atoms with Crippen LogP contribution in [-0.4, -0.2) is 45.0 Å². The van der Waals surface area contributed by atoms with Gasteiger partial charge < -0.3 is 15.8 Å². The second-order valence-electron chi connectivity index (χ2n) is 6.64. The van der Waals surface area contributed by atoms with Crippen molar-refractivity contribution in [3.8, 4) is 5.75 Å². The molecule has 10 heteroatoms. The molecule has 0 aliphatic carbocycles. The van der Waals surface area contributed by atoms with Crippen LogP contribution in [0.15, 0.2) is 30.6 Å². The molecular weight excluding hydrogens is 372 g/mol. The van der Waals surface area contributed by atoms with Gasteiger partial charge in [0, 0.05) is 5.39 Å². The van der Waals surface area contributed by atoms with Crippen molar-refractivity contribution in [2.45, 2.75) is 25.3 Å². The lowest BCUT2D eigenvalue weighted by atomic mass is 9.95. The van der Waals surface area contributed by atoms with E-state index in [4.69, 9.17) is 10.5 Å². The summed E-state index contributed by atoms with van der Waals surface area (Å²) in [5.41, 5.74) is 6.41. The molecule has 2 amide bonds. The maximum Gasteiger partial charge on any atom is 0.329 e. The van der Waals surface area contributed by atoms with Crippen LogP contribution in [0.1, 0.15) is 23.7 Å². The number of benzene rings is 1. The van der Waals surface area contributed by atoms with Crippen LogP contribution in [0, 0.1) is 5.92 Å². The highest BCUT2D eigenvalue weighted by atomic mass is 19.3. The highest BCUT2D eigenvalue weighted by molar-refractivity contribution is 6.03. The third-order valence-corrected chi connectivity index (χ3v) is 5.02. The molecule has 0 spiro atoms. The number of nitrogens with two attached hydrogens (primary N) is 1. The van der Waals surface area contributed by atoms with Crippen LogP contribution < -0.4 is 15.8 Å². The number of rotatable bonds is 5. The SMILES string of the molecule is CCC1C(COc2cccc3cc(C(N)=O)c4ncnn4c23)NC(=O)C1(F)F. The zero-order chi connectivity index (χ0) is 20.1. The first-order valence-electron chi connectivity index (χ1n) is 8.71. The molecule has 1 aliphatic rings. The van der Waals surface area contributed by atoms with Crippen molar-refractivity contribution in [1.82, 2.24) is 19.9 Å². The Morgan fingerprint density at radius 3 is 2.93 bits per heavy atom. The topological polar surface area (TPSA) is 112 Å². The molecule has 3 aromatic rings. The lowest BCUT2D eigenvalue weighted by Crippen LogP contribution is -2.35. The summed E-state index contributed by atoms with van der Waals surface area (Å²) in [7, 11) is 0. The highest BCUT2D eigenvalue weighted by Crippen LogP contribution is 2.36. The van der Waals surface area contributed by atoms with E-state index in [-0.39, 0.29) is 24.2 Å². The number of pyridine rings is 1. The Hall–Kier alpha value is -3.30. The van der Waals surface area contributed by atoms with Crippen molar-refractivity contribution in [2.75, 3.05) is 6.61 Å². The summed E-state index contributed by atoms with van der Waals surface area (Å²) < 4.78 is 35.2. The molecular formula is C18H17F2N5O3. The number of para-hydroxylation sites is 1. The fraction of sp³-hybridized carbons (Fsp3) is 0.333. The minimum atomic E-state index is -3.42. The molecule has 2 unspecified atom stereocenters. The van der Waals surface area contributed by atoms with E-state index in [1.54, 1.807) is 31.2 Å². The van der Waals surface area contributed by atoms with Gasteiger partial charge in [-0.2, -0.15) is 13.9 Å². The number of ether oxygens (including phenoxy) is 1. The van der Waals surface area contributed by atoms with E-state index >= 15 is 0 Å². The fourth-order valence-electron chi connectivity index (χ4n) is 3.65. The van der Waals surface area contributed by atoms with Crippen LogP contribution in [0.4, 0.5) is 8.78 Å². The zero-order valence-electron chi connectivity index (χ0n) is 14.9. The lowest BCUT2D eigenvalue weighted by Gasteiger charge is -2.21. The van der Waals surface area contributed by atoms with E-state index in [9.17, 15) is 18.4 Å². The number of carbonyl (C=O) groups excluding carboxylic acids is 2. The van der Waals surface area contributed by atoms with Gasteiger partial charge in [-0.3, -0.25) is 9.59 Å². The molecule has 0 radical (unpaired) electrons. The zero-order valence-corrected chi connectivity index (χ0v) is 14.9. The molecule has 1 fully saturated rings. The Morgan fingerprint density at radius 1 is 1.43 bits per heavy atom. The molecule has 2 aromatic heterocycles. The average molecular weight is 389 g/mol. The van der Waals surface area contributed by atoms with Gasteiger partial charge in [-0.1, -0.05) is 19.1 Å². The Labute approximate surface area is 157 Å². The van der Waals surface area contributed by atoms with E-state index < -0.39 is 29.7 Å². The first-order chi connectivity index (χ1) is 13.3. The van der Waals surface area contributed by atoms with Crippen molar-refractivity contribution >= 4 is 28.4 Å². The summed E-state index contributed by atoms with van der Waals surface area (Å²) >= 11 is 0. The van der Waals surface area contributed by atoms with Gasteiger partial charge >= 0.3 is 5.92 Å². The number of alkyl halides is 2. The van der Waals surface area contributed by atoms with Crippen LogP contribution in [0.25, 0.3) is 16.6 Å². The van der Waals surface area contributed by atoms with Crippen molar-refractivity contribution < 1.29 is 23.1 Å². The monoisotopic (exact) mass is 389 g/mol. The number of nitrogens with one attached hydrogen (secondary N) is 1. The van der Waals surface area contributed by atoms with Crippen LogP contribution in [0.2, 0.25) is 0 Å². The van der Waals surface area contributed by atoms with Gasteiger partial charge in [0.2, 0.25) is 0 Å². The summed E-state index contributed by atoms with van der Waals surface area (Å²) in [5.74, 6) is -6.13. The molecule has 1 aliphatic heterocycles. The number of nitrogens with zero attached hydrogens (tertiary/aromatic N) is 3. The fourth-order valence-corrected chi connectivity index (χ4v) is 3.65. The molecule has 2 atom stereocenters. The molecule has 3 N–H and O–H groups in total. The van der Waals surface area contributed by atoms with Gasteiger partial charge in [-0.15, -0.1) is 0 Å². The summed E-state index contributed by atoms with van der Waals surface area (Å²) in [6.07, 6.45) is 1.41. The quantitative estimate of drug-likeness (QED) is 0.687. The number of halogens is 2. The first kappa shape index (κ1) is 18.1. The smallest absolute Gasteiger partial charge is 0.329 e. The van der Waals surface area contributed by atoms with Gasteiger partial charge in [0.25, 0.3) is 11.8 Å². The Kier molecular flexibility index (Phi) is 4.13. The Balaban J connectivity index is 1.72.